The summed E-state index contributed by atoms with van der Waals surface area (Å²) in [5.74, 6) is 1.46. The smallest absolute Gasteiger partial charge is 0.282 e. The van der Waals surface area contributed by atoms with E-state index in [1.807, 2.05) is 31.2 Å². The maximum atomic E-state index is 13.2. The Morgan fingerprint density at radius 1 is 1.14 bits per heavy atom. The number of halogens is 2. The molecule has 0 aliphatic rings. The van der Waals surface area contributed by atoms with Gasteiger partial charge in [-0.1, -0.05) is 57.0 Å². The third-order valence-corrected chi connectivity index (χ3v) is 6.23. The largest absolute Gasteiger partial charge is 0.493 e. The average Bonchev–Trinajstić information content (AvgIpc) is 2.87. The Morgan fingerprint density at radius 2 is 1.94 bits per heavy atom. The monoisotopic (exact) mass is 594 g/mol. The lowest BCUT2D eigenvalue weighted by molar-refractivity contribution is 0.283. The Hall–Kier alpha value is -3.48. The summed E-state index contributed by atoms with van der Waals surface area (Å²) in [4.78, 5) is 17.8. The Bertz CT molecular complexity index is 1540. The molecular formula is C26H20Br2N4O3. The minimum atomic E-state index is -0.267. The Labute approximate surface area is 218 Å². The van der Waals surface area contributed by atoms with Gasteiger partial charge in [0.15, 0.2) is 11.5 Å². The van der Waals surface area contributed by atoms with Crippen LogP contribution in [0.3, 0.4) is 0 Å². The van der Waals surface area contributed by atoms with E-state index in [0.717, 1.165) is 14.5 Å². The number of hydrogen-bond donors (Lipinski definition) is 0. The van der Waals surface area contributed by atoms with Gasteiger partial charge in [0, 0.05) is 26.5 Å². The van der Waals surface area contributed by atoms with E-state index in [4.69, 9.17) is 9.47 Å². The fourth-order valence-electron chi connectivity index (χ4n) is 3.56. The fourth-order valence-corrected chi connectivity index (χ4v) is 4.37. The fraction of sp³-hybridized carbons (Fsp3) is 0.154. The molecule has 4 rings (SSSR count). The van der Waals surface area contributed by atoms with E-state index in [1.54, 1.807) is 43.7 Å². The van der Waals surface area contributed by atoms with Gasteiger partial charge in [-0.05, 0) is 36.4 Å². The summed E-state index contributed by atoms with van der Waals surface area (Å²) < 4.78 is 14.5. The van der Waals surface area contributed by atoms with E-state index >= 15 is 0 Å². The van der Waals surface area contributed by atoms with Crippen LogP contribution in [0.4, 0.5) is 0 Å². The van der Waals surface area contributed by atoms with Gasteiger partial charge >= 0.3 is 0 Å². The zero-order valence-corrected chi connectivity index (χ0v) is 22.1. The van der Waals surface area contributed by atoms with Crippen LogP contribution in [0.25, 0.3) is 10.9 Å². The van der Waals surface area contributed by atoms with Crippen molar-refractivity contribution in [3.05, 3.63) is 96.4 Å². The lowest BCUT2D eigenvalue weighted by atomic mass is 10.1. The van der Waals surface area contributed by atoms with Crippen molar-refractivity contribution in [3.8, 4) is 17.6 Å². The van der Waals surface area contributed by atoms with Crippen LogP contribution < -0.4 is 15.0 Å². The van der Waals surface area contributed by atoms with Gasteiger partial charge in [0.1, 0.15) is 12.4 Å². The molecule has 0 saturated carbocycles. The Morgan fingerprint density at radius 3 is 2.69 bits per heavy atom. The third kappa shape index (κ3) is 5.29. The number of benzene rings is 3. The number of aromatic nitrogens is 2. The van der Waals surface area contributed by atoms with Crippen LogP contribution in [-0.2, 0) is 13.0 Å². The standard InChI is InChI=1S/C26H20Br2N4O3/c1-3-24-31-22-9-8-19(27)11-21(22)26(33)32(24)30-14-18-10-20(28)12-23(34-2)25(18)35-15-17-7-5-4-6-16(17)13-29/h4-12,14H,3,15H2,1-2H3. The van der Waals surface area contributed by atoms with Gasteiger partial charge in [0.2, 0.25) is 0 Å². The van der Waals surface area contributed by atoms with Crippen molar-refractivity contribution in [3.63, 3.8) is 0 Å². The number of aryl methyl sites for hydroxylation is 1. The minimum Gasteiger partial charge on any atom is -0.493 e. The normalized spacial score (nSPS) is 11.1. The molecular weight excluding hydrogens is 576 g/mol. The molecule has 0 unspecified atom stereocenters. The second-order valence-corrected chi connectivity index (χ2v) is 9.32. The highest BCUT2D eigenvalue weighted by molar-refractivity contribution is 9.10. The predicted octanol–water partition coefficient (Wildman–Crippen LogP) is 5.83. The number of nitrogens with zero attached hydrogens (tertiary/aromatic N) is 4. The summed E-state index contributed by atoms with van der Waals surface area (Å²) in [5, 5.41) is 14.3. The molecule has 0 atom stereocenters. The second kappa shape index (κ2) is 10.8. The van der Waals surface area contributed by atoms with Crippen LogP contribution >= 0.6 is 31.9 Å². The Balaban J connectivity index is 1.78. The first-order valence-corrected chi connectivity index (χ1v) is 12.3. The van der Waals surface area contributed by atoms with Gasteiger partial charge in [-0.2, -0.15) is 15.0 Å². The molecule has 0 aliphatic carbocycles. The molecule has 3 aromatic carbocycles. The van der Waals surface area contributed by atoms with E-state index in [0.29, 0.717) is 45.8 Å². The number of fused-ring (bicyclic) bond motifs is 1. The number of hydrogen-bond acceptors (Lipinski definition) is 6. The SMILES string of the molecule is CCc1nc2ccc(Br)cc2c(=O)n1N=Cc1cc(Br)cc(OC)c1OCc1ccccc1C#N. The molecule has 1 heterocycles. The van der Waals surface area contributed by atoms with Crippen LogP contribution in [-0.4, -0.2) is 23.0 Å². The van der Waals surface area contributed by atoms with Crippen molar-refractivity contribution in [2.45, 2.75) is 20.0 Å². The summed E-state index contributed by atoms with van der Waals surface area (Å²) in [6, 6.07) is 18.4. The molecule has 0 N–H and O–H groups in total. The highest BCUT2D eigenvalue weighted by Gasteiger charge is 2.14. The summed E-state index contributed by atoms with van der Waals surface area (Å²) in [6.07, 6.45) is 2.07. The van der Waals surface area contributed by atoms with Gasteiger partial charge in [-0.15, -0.1) is 0 Å². The first-order valence-electron chi connectivity index (χ1n) is 10.7. The van der Waals surface area contributed by atoms with Gasteiger partial charge in [-0.3, -0.25) is 4.79 Å². The molecule has 0 aliphatic heterocycles. The molecule has 0 radical (unpaired) electrons. The summed E-state index contributed by atoms with van der Waals surface area (Å²) >= 11 is 6.90. The molecule has 0 amide bonds. The summed E-state index contributed by atoms with van der Waals surface area (Å²) in [7, 11) is 1.55. The van der Waals surface area contributed by atoms with Crippen LogP contribution in [0.1, 0.15) is 29.4 Å². The average molecular weight is 596 g/mol. The molecule has 0 spiro atoms. The highest BCUT2D eigenvalue weighted by Crippen LogP contribution is 2.35. The number of nitriles is 1. The number of rotatable bonds is 7. The third-order valence-electron chi connectivity index (χ3n) is 5.28. The molecule has 1 aromatic heterocycles. The van der Waals surface area contributed by atoms with Gasteiger partial charge in [0.25, 0.3) is 5.56 Å². The van der Waals surface area contributed by atoms with Crippen LogP contribution in [0.5, 0.6) is 11.5 Å². The second-order valence-electron chi connectivity index (χ2n) is 7.49. The molecule has 0 bridgehead atoms. The maximum absolute atomic E-state index is 13.2. The highest BCUT2D eigenvalue weighted by atomic mass is 79.9. The van der Waals surface area contributed by atoms with Gasteiger partial charge in [0.05, 0.1) is 35.9 Å². The lowest BCUT2D eigenvalue weighted by Gasteiger charge is -2.15. The van der Waals surface area contributed by atoms with E-state index in [9.17, 15) is 10.1 Å². The molecule has 0 fully saturated rings. The van der Waals surface area contributed by atoms with Crippen molar-refractivity contribution in [1.82, 2.24) is 9.66 Å². The van der Waals surface area contributed by atoms with E-state index in [-0.39, 0.29) is 12.2 Å². The van der Waals surface area contributed by atoms with E-state index in [1.165, 1.54) is 4.68 Å². The lowest BCUT2D eigenvalue weighted by Crippen LogP contribution is -2.22. The van der Waals surface area contributed by atoms with Crippen LogP contribution in [0.15, 0.2) is 73.4 Å². The topological polar surface area (TPSA) is 89.5 Å². The maximum Gasteiger partial charge on any atom is 0.282 e. The van der Waals surface area contributed by atoms with Gasteiger partial charge in [-0.25, -0.2) is 4.98 Å². The van der Waals surface area contributed by atoms with Crippen molar-refractivity contribution in [1.29, 1.82) is 5.26 Å². The molecule has 4 aromatic rings. The zero-order valence-electron chi connectivity index (χ0n) is 19.0. The number of methoxy groups -OCH3 is 1. The summed E-state index contributed by atoms with van der Waals surface area (Å²) in [6.45, 7) is 2.08. The van der Waals surface area contributed by atoms with Crippen LogP contribution in [0.2, 0.25) is 0 Å². The van der Waals surface area contributed by atoms with E-state index in [2.05, 4.69) is 48.0 Å². The number of ether oxygens (including phenoxy) is 2. The van der Waals surface area contributed by atoms with Crippen LogP contribution in [0, 0.1) is 11.3 Å². The molecule has 176 valence electrons. The van der Waals surface area contributed by atoms with Crippen molar-refractivity contribution in [2.75, 3.05) is 7.11 Å². The first kappa shape index (κ1) is 24.6. The van der Waals surface area contributed by atoms with Crippen molar-refractivity contribution in [2.24, 2.45) is 5.10 Å². The molecule has 7 nitrogen and oxygen atoms in total. The molecule has 35 heavy (non-hydrogen) atoms. The van der Waals surface area contributed by atoms with Crippen molar-refractivity contribution < 1.29 is 9.47 Å². The van der Waals surface area contributed by atoms with Crippen molar-refractivity contribution >= 4 is 49.0 Å². The zero-order chi connectivity index (χ0) is 24.9. The Kier molecular flexibility index (Phi) is 7.63. The first-order chi connectivity index (χ1) is 16.9. The predicted molar refractivity (Wildman–Crippen MR) is 142 cm³/mol. The summed E-state index contributed by atoms with van der Waals surface area (Å²) in [5.41, 5.74) is 2.22. The molecule has 0 saturated heterocycles. The van der Waals surface area contributed by atoms with E-state index < -0.39 is 0 Å². The molecule has 9 heteroatoms. The van der Waals surface area contributed by atoms with Gasteiger partial charge < -0.3 is 9.47 Å². The quantitative estimate of drug-likeness (QED) is 0.251. The minimum absolute atomic E-state index is 0.161.